The minimum atomic E-state index is -0.220. The zero-order valence-electron chi connectivity index (χ0n) is 11.2. The number of carbonyl (C=O) groups excluding carboxylic acids is 1. The molecule has 1 radical (unpaired) electrons. The Morgan fingerprint density at radius 3 is 1.53 bits per heavy atom. The van der Waals surface area contributed by atoms with Crippen LogP contribution >= 0.6 is 0 Å². The van der Waals surface area contributed by atoms with Crippen molar-refractivity contribution in [3.8, 4) is 0 Å². The number of hydrogen-bond acceptors (Lipinski definition) is 1. The predicted octanol–water partition coefficient (Wildman–Crippen LogP) is 2.90. The zero-order valence-corrected chi connectivity index (χ0v) is 14.4. The molecule has 0 N–H and O–H groups in total. The van der Waals surface area contributed by atoms with Crippen molar-refractivity contribution in [3.05, 3.63) is 71.8 Å². The molecular weight excluding hydrogens is 403 g/mol. The van der Waals surface area contributed by atoms with E-state index in [0.717, 1.165) is 11.1 Å². The standard InChI is InChI=1S/C16H17NO.Ta/c1-17(2)16(18)15(13-9-5-3-6-10-13)14-11-7-4-8-12-14;/h3-12,15H,1-2H3;. The molecule has 0 aliphatic rings. The largest absolute Gasteiger partial charge is 0.348 e. The minimum absolute atomic E-state index is 0. The summed E-state index contributed by atoms with van der Waals surface area (Å²) in [6, 6.07) is 19.8. The Morgan fingerprint density at radius 1 is 0.842 bits per heavy atom. The Hall–Kier alpha value is -1.35. The molecule has 0 bridgehead atoms. The first-order valence-electron chi connectivity index (χ1n) is 6.01. The first-order valence-corrected chi connectivity index (χ1v) is 6.01. The van der Waals surface area contributed by atoms with Crippen LogP contribution in [0.4, 0.5) is 0 Å². The molecule has 0 atom stereocenters. The molecule has 2 rings (SSSR count). The maximum Gasteiger partial charge on any atom is 0.234 e. The van der Waals surface area contributed by atoms with E-state index in [1.165, 1.54) is 0 Å². The number of carbonyl (C=O) groups is 1. The van der Waals surface area contributed by atoms with Gasteiger partial charge in [0, 0.05) is 36.5 Å². The summed E-state index contributed by atoms with van der Waals surface area (Å²) in [5.74, 6) is -0.116. The second kappa shape index (κ2) is 7.29. The van der Waals surface area contributed by atoms with E-state index < -0.39 is 0 Å². The molecule has 1 amide bonds. The fourth-order valence-corrected chi connectivity index (χ4v) is 2.03. The molecular formula is C16H17NOTa. The van der Waals surface area contributed by atoms with E-state index in [1.54, 1.807) is 19.0 Å². The Morgan fingerprint density at radius 2 is 1.21 bits per heavy atom. The van der Waals surface area contributed by atoms with Gasteiger partial charge in [0.1, 0.15) is 0 Å². The van der Waals surface area contributed by atoms with Crippen LogP contribution < -0.4 is 0 Å². The third-order valence-electron chi connectivity index (χ3n) is 2.95. The van der Waals surface area contributed by atoms with Crippen molar-refractivity contribution in [2.75, 3.05) is 14.1 Å². The van der Waals surface area contributed by atoms with E-state index in [4.69, 9.17) is 0 Å². The molecule has 97 valence electrons. The molecule has 2 aromatic carbocycles. The van der Waals surface area contributed by atoms with E-state index in [0.29, 0.717) is 0 Å². The first kappa shape index (κ1) is 15.7. The molecule has 3 heteroatoms. The second-order valence-electron chi connectivity index (χ2n) is 4.49. The summed E-state index contributed by atoms with van der Waals surface area (Å²) in [6.45, 7) is 0. The fraction of sp³-hybridized carbons (Fsp3) is 0.188. The molecule has 0 saturated heterocycles. The molecule has 0 aliphatic carbocycles. The topological polar surface area (TPSA) is 20.3 Å². The van der Waals surface area contributed by atoms with E-state index in [9.17, 15) is 4.79 Å². The van der Waals surface area contributed by atoms with E-state index in [1.807, 2.05) is 60.7 Å². The Kier molecular flexibility index (Phi) is 6.03. The number of nitrogens with zero attached hydrogens (tertiary/aromatic N) is 1. The van der Waals surface area contributed by atoms with Crippen molar-refractivity contribution in [2.45, 2.75) is 5.92 Å². The Labute approximate surface area is 130 Å². The van der Waals surface area contributed by atoms with Crippen molar-refractivity contribution in [1.29, 1.82) is 0 Å². The van der Waals surface area contributed by atoms with Crippen LogP contribution in [0.2, 0.25) is 0 Å². The van der Waals surface area contributed by atoms with Gasteiger partial charge in [-0.2, -0.15) is 0 Å². The molecule has 0 aromatic heterocycles. The Bertz CT molecular complexity index is 471. The smallest absolute Gasteiger partial charge is 0.234 e. The van der Waals surface area contributed by atoms with E-state index in [2.05, 4.69) is 0 Å². The SMILES string of the molecule is CN(C)C(=O)C(c1ccccc1)c1ccccc1.[Ta]. The quantitative estimate of drug-likeness (QED) is 0.748. The summed E-state index contributed by atoms with van der Waals surface area (Å²) in [7, 11) is 3.59. The summed E-state index contributed by atoms with van der Waals surface area (Å²) >= 11 is 0. The minimum Gasteiger partial charge on any atom is -0.348 e. The average Bonchev–Trinajstić information content (AvgIpc) is 2.41. The second-order valence-corrected chi connectivity index (χ2v) is 4.49. The van der Waals surface area contributed by atoms with Crippen molar-refractivity contribution in [3.63, 3.8) is 0 Å². The van der Waals surface area contributed by atoms with Crippen molar-refractivity contribution in [2.24, 2.45) is 0 Å². The van der Waals surface area contributed by atoms with Gasteiger partial charge in [-0.1, -0.05) is 60.7 Å². The van der Waals surface area contributed by atoms with Crippen LogP contribution in [0, 0.1) is 0 Å². The molecule has 2 nitrogen and oxygen atoms in total. The fourth-order valence-electron chi connectivity index (χ4n) is 2.03. The van der Waals surface area contributed by atoms with Gasteiger partial charge in [0.05, 0.1) is 5.92 Å². The molecule has 0 unspecified atom stereocenters. The molecule has 0 aliphatic heterocycles. The van der Waals surface area contributed by atoms with Crippen LogP contribution in [-0.2, 0) is 27.2 Å². The third kappa shape index (κ3) is 3.80. The van der Waals surface area contributed by atoms with Gasteiger partial charge >= 0.3 is 0 Å². The Balaban J connectivity index is 0.00000180. The molecule has 0 heterocycles. The number of rotatable bonds is 3. The molecule has 0 saturated carbocycles. The molecule has 0 spiro atoms. The van der Waals surface area contributed by atoms with Crippen molar-refractivity contribution >= 4 is 5.91 Å². The number of hydrogen-bond donors (Lipinski definition) is 0. The van der Waals surface area contributed by atoms with Crippen molar-refractivity contribution < 1.29 is 27.2 Å². The van der Waals surface area contributed by atoms with Crippen LogP contribution in [0.3, 0.4) is 0 Å². The van der Waals surface area contributed by atoms with Crippen LogP contribution in [0.15, 0.2) is 60.7 Å². The van der Waals surface area contributed by atoms with Gasteiger partial charge < -0.3 is 4.90 Å². The zero-order chi connectivity index (χ0) is 13.0. The number of benzene rings is 2. The molecule has 2 aromatic rings. The van der Waals surface area contributed by atoms with Gasteiger partial charge in [-0.05, 0) is 11.1 Å². The summed E-state index contributed by atoms with van der Waals surface area (Å²) in [4.78, 5) is 14.0. The molecule has 19 heavy (non-hydrogen) atoms. The van der Waals surface area contributed by atoms with Gasteiger partial charge in [0.25, 0.3) is 0 Å². The van der Waals surface area contributed by atoms with Crippen LogP contribution in [0.5, 0.6) is 0 Å². The van der Waals surface area contributed by atoms with Gasteiger partial charge in [-0.25, -0.2) is 0 Å². The van der Waals surface area contributed by atoms with Gasteiger partial charge in [-0.3, -0.25) is 4.79 Å². The number of likely N-dealkylation sites (N-methyl/N-ethyl adjacent to an activating group) is 1. The average molecular weight is 420 g/mol. The predicted molar refractivity (Wildman–Crippen MR) is 73.4 cm³/mol. The molecule has 0 fully saturated rings. The van der Waals surface area contributed by atoms with Gasteiger partial charge in [-0.15, -0.1) is 0 Å². The summed E-state index contributed by atoms with van der Waals surface area (Å²) in [5.41, 5.74) is 2.06. The monoisotopic (exact) mass is 420 g/mol. The van der Waals surface area contributed by atoms with E-state index in [-0.39, 0.29) is 34.2 Å². The third-order valence-corrected chi connectivity index (χ3v) is 2.95. The summed E-state index contributed by atoms with van der Waals surface area (Å²) < 4.78 is 0. The van der Waals surface area contributed by atoms with Crippen molar-refractivity contribution in [1.82, 2.24) is 4.90 Å². The van der Waals surface area contributed by atoms with Gasteiger partial charge in [0.15, 0.2) is 0 Å². The maximum absolute atomic E-state index is 12.4. The summed E-state index contributed by atoms with van der Waals surface area (Å²) in [5, 5.41) is 0. The van der Waals surface area contributed by atoms with E-state index >= 15 is 0 Å². The maximum atomic E-state index is 12.4. The summed E-state index contributed by atoms with van der Waals surface area (Å²) in [6.07, 6.45) is 0. The normalized spacial score (nSPS) is 9.84. The van der Waals surface area contributed by atoms with Gasteiger partial charge in [0.2, 0.25) is 5.91 Å². The van der Waals surface area contributed by atoms with Crippen LogP contribution in [0.25, 0.3) is 0 Å². The number of amides is 1. The van der Waals surface area contributed by atoms with Crippen LogP contribution in [-0.4, -0.2) is 24.9 Å². The van der Waals surface area contributed by atoms with Crippen LogP contribution in [0.1, 0.15) is 17.0 Å². The first-order chi connectivity index (χ1) is 8.70.